The summed E-state index contributed by atoms with van der Waals surface area (Å²) in [6, 6.07) is 20.5. The van der Waals surface area contributed by atoms with Gasteiger partial charge in [-0.25, -0.2) is 0 Å². The van der Waals surface area contributed by atoms with E-state index in [0.717, 1.165) is 12.3 Å². The normalized spacial score (nSPS) is 25.6. The second kappa shape index (κ2) is 5.28. The first-order chi connectivity index (χ1) is 10.3. The molecule has 21 heavy (non-hydrogen) atoms. The molecule has 1 fully saturated rings. The van der Waals surface area contributed by atoms with Crippen LogP contribution in [0.15, 0.2) is 54.6 Å². The standard InChI is InChI=1S/C19H22N2/c20-17-12-18(16-9-5-4-8-15(16)17)21-19(14-10-11-14)13-6-2-1-3-7-13/h1-9,14,17-19,21H,10-12,20H2. The Morgan fingerprint density at radius 2 is 1.57 bits per heavy atom. The summed E-state index contributed by atoms with van der Waals surface area (Å²) < 4.78 is 0. The maximum atomic E-state index is 6.30. The van der Waals surface area contributed by atoms with Gasteiger partial charge in [-0.15, -0.1) is 0 Å². The highest BCUT2D eigenvalue weighted by molar-refractivity contribution is 5.37. The Bertz CT molecular complexity index is 618. The summed E-state index contributed by atoms with van der Waals surface area (Å²) in [6.45, 7) is 0. The molecule has 108 valence electrons. The van der Waals surface area contributed by atoms with Gasteiger partial charge in [0, 0.05) is 18.1 Å². The summed E-state index contributed by atoms with van der Waals surface area (Å²) in [4.78, 5) is 0. The van der Waals surface area contributed by atoms with Crippen molar-refractivity contribution in [3.05, 3.63) is 71.3 Å². The minimum Gasteiger partial charge on any atom is -0.324 e. The molecule has 2 aliphatic carbocycles. The minimum atomic E-state index is 0.175. The Morgan fingerprint density at radius 1 is 0.905 bits per heavy atom. The largest absolute Gasteiger partial charge is 0.324 e. The molecule has 3 unspecified atom stereocenters. The maximum absolute atomic E-state index is 6.30. The number of benzene rings is 2. The molecule has 1 saturated carbocycles. The number of fused-ring (bicyclic) bond motifs is 1. The first kappa shape index (κ1) is 13.1. The molecule has 0 bridgehead atoms. The van der Waals surface area contributed by atoms with Crippen molar-refractivity contribution in [3.8, 4) is 0 Å². The molecule has 2 heteroatoms. The summed E-state index contributed by atoms with van der Waals surface area (Å²) in [7, 11) is 0. The molecule has 2 aromatic rings. The zero-order valence-corrected chi connectivity index (χ0v) is 12.2. The molecular weight excluding hydrogens is 256 g/mol. The van der Waals surface area contributed by atoms with Gasteiger partial charge < -0.3 is 11.1 Å². The average molecular weight is 278 g/mol. The number of nitrogens with two attached hydrogens (primary N) is 1. The van der Waals surface area contributed by atoms with Gasteiger partial charge in [-0.3, -0.25) is 0 Å². The fraction of sp³-hybridized carbons (Fsp3) is 0.368. The summed E-state index contributed by atoms with van der Waals surface area (Å²) in [6.07, 6.45) is 3.69. The monoisotopic (exact) mass is 278 g/mol. The van der Waals surface area contributed by atoms with Crippen molar-refractivity contribution in [1.29, 1.82) is 0 Å². The quantitative estimate of drug-likeness (QED) is 0.891. The zero-order valence-electron chi connectivity index (χ0n) is 12.2. The van der Waals surface area contributed by atoms with Gasteiger partial charge in [-0.1, -0.05) is 54.6 Å². The molecule has 2 nitrogen and oxygen atoms in total. The lowest BCUT2D eigenvalue weighted by Gasteiger charge is -2.24. The van der Waals surface area contributed by atoms with Crippen LogP contribution in [0.1, 0.15) is 54.1 Å². The predicted octanol–water partition coefficient (Wildman–Crippen LogP) is 3.87. The summed E-state index contributed by atoms with van der Waals surface area (Å²) >= 11 is 0. The van der Waals surface area contributed by atoms with Gasteiger partial charge in [-0.2, -0.15) is 0 Å². The van der Waals surface area contributed by atoms with Crippen LogP contribution in [-0.2, 0) is 0 Å². The molecular formula is C19H22N2. The highest BCUT2D eigenvalue weighted by atomic mass is 15.0. The van der Waals surface area contributed by atoms with E-state index in [9.17, 15) is 0 Å². The highest BCUT2D eigenvalue weighted by Gasteiger charge is 2.36. The third-order valence-corrected chi connectivity index (χ3v) is 4.89. The van der Waals surface area contributed by atoms with E-state index in [2.05, 4.69) is 59.9 Å². The van der Waals surface area contributed by atoms with Gasteiger partial charge >= 0.3 is 0 Å². The van der Waals surface area contributed by atoms with E-state index >= 15 is 0 Å². The van der Waals surface area contributed by atoms with E-state index in [1.165, 1.54) is 29.5 Å². The molecule has 0 amide bonds. The van der Waals surface area contributed by atoms with Crippen LogP contribution in [-0.4, -0.2) is 0 Å². The van der Waals surface area contributed by atoms with Gasteiger partial charge in [-0.05, 0) is 41.9 Å². The predicted molar refractivity (Wildman–Crippen MR) is 85.8 cm³/mol. The molecule has 2 aliphatic rings. The fourth-order valence-corrected chi connectivity index (χ4v) is 3.64. The van der Waals surface area contributed by atoms with Gasteiger partial charge in [0.1, 0.15) is 0 Å². The molecule has 4 rings (SSSR count). The van der Waals surface area contributed by atoms with Crippen molar-refractivity contribution in [1.82, 2.24) is 5.32 Å². The smallest absolute Gasteiger partial charge is 0.0354 e. The van der Waals surface area contributed by atoms with E-state index in [4.69, 9.17) is 5.73 Å². The number of nitrogens with one attached hydrogen (secondary N) is 1. The Kier molecular flexibility index (Phi) is 3.28. The average Bonchev–Trinajstić information content (AvgIpc) is 3.32. The summed E-state index contributed by atoms with van der Waals surface area (Å²) in [5.74, 6) is 0.788. The van der Waals surface area contributed by atoms with Crippen LogP contribution >= 0.6 is 0 Å². The van der Waals surface area contributed by atoms with Crippen LogP contribution in [0, 0.1) is 5.92 Å². The third kappa shape index (κ3) is 2.50. The Labute approximate surface area is 126 Å². The van der Waals surface area contributed by atoms with Gasteiger partial charge in [0.15, 0.2) is 0 Å². The van der Waals surface area contributed by atoms with Crippen molar-refractivity contribution in [2.45, 2.75) is 37.4 Å². The Morgan fingerprint density at radius 3 is 2.29 bits per heavy atom. The molecule has 3 atom stereocenters. The SMILES string of the molecule is NC1CC(NC(c2ccccc2)C2CC2)c2ccccc21. The summed E-state index contributed by atoms with van der Waals surface area (Å²) in [5, 5.41) is 3.90. The second-order valence-electron chi connectivity index (χ2n) is 6.42. The first-order valence-corrected chi connectivity index (χ1v) is 7.98. The van der Waals surface area contributed by atoms with Crippen molar-refractivity contribution < 1.29 is 0 Å². The number of rotatable bonds is 4. The van der Waals surface area contributed by atoms with Gasteiger partial charge in [0.2, 0.25) is 0 Å². The molecule has 3 N–H and O–H groups in total. The van der Waals surface area contributed by atoms with Crippen LogP contribution in [0.5, 0.6) is 0 Å². The van der Waals surface area contributed by atoms with Crippen molar-refractivity contribution in [2.24, 2.45) is 11.7 Å². The molecule has 0 spiro atoms. The van der Waals surface area contributed by atoms with Crippen molar-refractivity contribution >= 4 is 0 Å². The molecule has 0 heterocycles. The van der Waals surface area contributed by atoms with E-state index in [1.807, 2.05) is 0 Å². The molecule has 2 aromatic carbocycles. The van der Waals surface area contributed by atoms with Crippen LogP contribution in [0.3, 0.4) is 0 Å². The van der Waals surface area contributed by atoms with Crippen LogP contribution < -0.4 is 11.1 Å². The lowest BCUT2D eigenvalue weighted by atomic mass is 9.99. The van der Waals surface area contributed by atoms with Crippen LogP contribution in [0.2, 0.25) is 0 Å². The van der Waals surface area contributed by atoms with Gasteiger partial charge in [0.05, 0.1) is 0 Å². The molecule has 0 aromatic heterocycles. The van der Waals surface area contributed by atoms with Crippen molar-refractivity contribution in [3.63, 3.8) is 0 Å². The van der Waals surface area contributed by atoms with E-state index < -0.39 is 0 Å². The van der Waals surface area contributed by atoms with Crippen LogP contribution in [0.4, 0.5) is 0 Å². The molecule has 0 saturated heterocycles. The number of hydrogen-bond acceptors (Lipinski definition) is 2. The first-order valence-electron chi connectivity index (χ1n) is 7.98. The molecule has 0 radical (unpaired) electrons. The zero-order chi connectivity index (χ0) is 14.2. The van der Waals surface area contributed by atoms with Crippen molar-refractivity contribution in [2.75, 3.05) is 0 Å². The third-order valence-electron chi connectivity index (χ3n) is 4.89. The van der Waals surface area contributed by atoms with E-state index in [1.54, 1.807) is 0 Å². The molecule has 0 aliphatic heterocycles. The maximum Gasteiger partial charge on any atom is 0.0354 e. The second-order valence-corrected chi connectivity index (χ2v) is 6.42. The highest BCUT2D eigenvalue weighted by Crippen LogP contribution is 2.45. The minimum absolute atomic E-state index is 0.175. The lowest BCUT2D eigenvalue weighted by Crippen LogP contribution is -2.27. The van der Waals surface area contributed by atoms with Gasteiger partial charge in [0.25, 0.3) is 0 Å². The number of hydrogen-bond donors (Lipinski definition) is 2. The lowest BCUT2D eigenvalue weighted by molar-refractivity contribution is 0.396. The van der Waals surface area contributed by atoms with E-state index in [0.29, 0.717) is 12.1 Å². The topological polar surface area (TPSA) is 38.0 Å². The van der Waals surface area contributed by atoms with E-state index in [-0.39, 0.29) is 6.04 Å². The fourth-order valence-electron chi connectivity index (χ4n) is 3.64. The Balaban J connectivity index is 1.60. The Hall–Kier alpha value is -1.64. The summed E-state index contributed by atoms with van der Waals surface area (Å²) in [5.41, 5.74) is 10.4. The van der Waals surface area contributed by atoms with Crippen LogP contribution in [0.25, 0.3) is 0 Å².